The Bertz CT molecular complexity index is 424. The zero-order valence-corrected chi connectivity index (χ0v) is 17.7. The summed E-state index contributed by atoms with van der Waals surface area (Å²) in [5, 5.41) is 0. The Morgan fingerprint density at radius 2 is 1.14 bits per heavy atom. The molecule has 4 unspecified atom stereocenters. The maximum Gasteiger partial charge on any atom is 0.550 e. The second kappa shape index (κ2) is 12.9. The molecule has 162 valence electrons. The highest BCUT2D eigenvalue weighted by Crippen LogP contribution is 2.31. The third-order valence-corrected chi connectivity index (χ3v) is 6.10. The SMILES string of the molecule is CCCCC1CCCC(OC(=O)OOC(=O)OC2CCCC(CCCC)C2)C1. The summed E-state index contributed by atoms with van der Waals surface area (Å²) in [5.74, 6) is 1.20. The van der Waals surface area contributed by atoms with E-state index in [0.717, 1.165) is 38.5 Å². The van der Waals surface area contributed by atoms with Crippen LogP contribution in [-0.2, 0) is 19.2 Å². The molecule has 0 amide bonds. The number of hydrogen-bond donors (Lipinski definition) is 0. The van der Waals surface area contributed by atoms with Gasteiger partial charge in [-0.05, 0) is 50.4 Å². The molecule has 2 fully saturated rings. The van der Waals surface area contributed by atoms with E-state index < -0.39 is 12.3 Å². The van der Waals surface area contributed by atoms with Gasteiger partial charge in [-0.1, -0.05) is 65.2 Å². The molecule has 6 heteroatoms. The van der Waals surface area contributed by atoms with Crippen molar-refractivity contribution < 1.29 is 28.8 Å². The van der Waals surface area contributed by atoms with Crippen LogP contribution in [0, 0.1) is 11.8 Å². The molecular weight excluding hydrogens is 360 g/mol. The molecule has 4 atom stereocenters. The Labute approximate surface area is 169 Å². The average Bonchev–Trinajstić information content (AvgIpc) is 2.70. The zero-order chi connectivity index (χ0) is 20.2. The van der Waals surface area contributed by atoms with E-state index in [0.29, 0.717) is 11.8 Å². The molecule has 0 aliphatic heterocycles. The standard InChI is InChI=1S/C22H38O6/c1-3-5-9-17-11-7-13-19(15-17)25-21(23)27-28-22(24)26-20-14-8-12-18(16-20)10-6-4-2/h17-20H,3-16H2,1-2H3. The van der Waals surface area contributed by atoms with Gasteiger partial charge in [0, 0.05) is 0 Å². The summed E-state index contributed by atoms with van der Waals surface area (Å²) >= 11 is 0. The van der Waals surface area contributed by atoms with Crippen LogP contribution in [0.25, 0.3) is 0 Å². The van der Waals surface area contributed by atoms with Gasteiger partial charge in [-0.2, -0.15) is 19.4 Å². The zero-order valence-electron chi connectivity index (χ0n) is 17.7. The van der Waals surface area contributed by atoms with Crippen molar-refractivity contribution in [2.45, 2.75) is 116 Å². The summed E-state index contributed by atoms with van der Waals surface area (Å²) in [6.07, 6.45) is 12.8. The van der Waals surface area contributed by atoms with Gasteiger partial charge < -0.3 is 9.47 Å². The average molecular weight is 399 g/mol. The van der Waals surface area contributed by atoms with Gasteiger partial charge in [-0.3, -0.25) is 0 Å². The molecule has 6 nitrogen and oxygen atoms in total. The minimum Gasteiger partial charge on any atom is -0.428 e. The number of hydrogen-bond acceptors (Lipinski definition) is 6. The molecule has 0 aromatic heterocycles. The number of ether oxygens (including phenoxy) is 2. The van der Waals surface area contributed by atoms with E-state index in [1.807, 2.05) is 0 Å². The minimum absolute atomic E-state index is 0.152. The summed E-state index contributed by atoms with van der Waals surface area (Å²) in [7, 11) is 0. The summed E-state index contributed by atoms with van der Waals surface area (Å²) in [6, 6.07) is 0. The van der Waals surface area contributed by atoms with Gasteiger partial charge in [-0.15, -0.1) is 0 Å². The quantitative estimate of drug-likeness (QED) is 0.257. The Hall–Kier alpha value is -1.46. The smallest absolute Gasteiger partial charge is 0.428 e. The predicted octanol–water partition coefficient (Wildman–Crippen LogP) is 6.71. The first-order chi connectivity index (χ1) is 13.6. The molecule has 2 saturated carbocycles. The molecule has 0 saturated heterocycles. The van der Waals surface area contributed by atoms with Gasteiger partial charge in [0.05, 0.1) is 0 Å². The van der Waals surface area contributed by atoms with Gasteiger partial charge in [-0.25, -0.2) is 0 Å². The van der Waals surface area contributed by atoms with Crippen molar-refractivity contribution >= 4 is 12.3 Å². The number of carbonyl (C=O) groups is 2. The molecule has 0 N–H and O–H groups in total. The fourth-order valence-electron chi connectivity index (χ4n) is 4.59. The van der Waals surface area contributed by atoms with E-state index in [4.69, 9.17) is 9.47 Å². The molecule has 2 aliphatic carbocycles. The molecule has 0 aromatic carbocycles. The number of unbranched alkanes of at least 4 members (excludes halogenated alkanes) is 2. The molecule has 28 heavy (non-hydrogen) atoms. The summed E-state index contributed by atoms with van der Waals surface area (Å²) in [4.78, 5) is 32.7. The summed E-state index contributed by atoms with van der Waals surface area (Å²) < 4.78 is 10.6. The Kier molecular flexibility index (Phi) is 10.5. The largest absolute Gasteiger partial charge is 0.550 e. The lowest BCUT2D eigenvalue weighted by molar-refractivity contribution is -0.227. The third-order valence-electron chi connectivity index (χ3n) is 6.10. The van der Waals surface area contributed by atoms with Crippen LogP contribution in [0.3, 0.4) is 0 Å². The molecule has 2 aliphatic rings. The maximum absolute atomic E-state index is 11.8. The first-order valence-corrected chi connectivity index (χ1v) is 11.4. The topological polar surface area (TPSA) is 71.1 Å². The highest BCUT2D eigenvalue weighted by Gasteiger charge is 2.28. The highest BCUT2D eigenvalue weighted by molar-refractivity contribution is 5.63. The van der Waals surface area contributed by atoms with Crippen LogP contribution in [0.15, 0.2) is 0 Å². The molecule has 0 radical (unpaired) electrons. The fourth-order valence-corrected chi connectivity index (χ4v) is 4.59. The lowest BCUT2D eigenvalue weighted by Crippen LogP contribution is -2.28. The summed E-state index contributed by atoms with van der Waals surface area (Å²) in [5.41, 5.74) is 0. The van der Waals surface area contributed by atoms with Crippen molar-refractivity contribution in [1.82, 2.24) is 0 Å². The van der Waals surface area contributed by atoms with Crippen LogP contribution < -0.4 is 0 Å². The Morgan fingerprint density at radius 1 is 0.714 bits per heavy atom. The van der Waals surface area contributed by atoms with Crippen molar-refractivity contribution in [2.24, 2.45) is 11.8 Å². The van der Waals surface area contributed by atoms with E-state index in [-0.39, 0.29) is 12.2 Å². The lowest BCUT2D eigenvalue weighted by atomic mass is 9.84. The Morgan fingerprint density at radius 3 is 1.54 bits per heavy atom. The molecule has 0 spiro atoms. The van der Waals surface area contributed by atoms with Crippen molar-refractivity contribution in [3.8, 4) is 0 Å². The van der Waals surface area contributed by atoms with Gasteiger partial charge >= 0.3 is 12.3 Å². The van der Waals surface area contributed by atoms with Gasteiger partial charge in [0.1, 0.15) is 12.2 Å². The van der Waals surface area contributed by atoms with Gasteiger partial charge in [0.25, 0.3) is 0 Å². The second-order valence-electron chi connectivity index (χ2n) is 8.50. The van der Waals surface area contributed by atoms with Crippen LogP contribution in [0.1, 0.15) is 104 Å². The highest BCUT2D eigenvalue weighted by atomic mass is 17.3. The maximum atomic E-state index is 11.8. The molecule has 0 bridgehead atoms. The third kappa shape index (κ3) is 8.70. The van der Waals surface area contributed by atoms with Gasteiger partial charge in [0.15, 0.2) is 0 Å². The first kappa shape index (κ1) is 22.8. The lowest BCUT2D eigenvalue weighted by Gasteiger charge is -2.28. The predicted molar refractivity (Wildman–Crippen MR) is 106 cm³/mol. The number of rotatable bonds is 8. The van der Waals surface area contributed by atoms with Crippen molar-refractivity contribution in [3.05, 3.63) is 0 Å². The second-order valence-corrected chi connectivity index (χ2v) is 8.50. The molecule has 2 rings (SSSR count). The normalized spacial score (nSPS) is 27.6. The van der Waals surface area contributed by atoms with E-state index in [1.165, 1.54) is 51.4 Å². The monoisotopic (exact) mass is 398 g/mol. The van der Waals surface area contributed by atoms with Crippen LogP contribution in [0.2, 0.25) is 0 Å². The minimum atomic E-state index is -0.956. The fraction of sp³-hybridized carbons (Fsp3) is 0.909. The summed E-state index contributed by atoms with van der Waals surface area (Å²) in [6.45, 7) is 4.37. The molecular formula is C22H38O6. The van der Waals surface area contributed by atoms with Gasteiger partial charge in [0.2, 0.25) is 0 Å². The van der Waals surface area contributed by atoms with Crippen molar-refractivity contribution in [1.29, 1.82) is 0 Å². The van der Waals surface area contributed by atoms with Crippen LogP contribution >= 0.6 is 0 Å². The van der Waals surface area contributed by atoms with Crippen molar-refractivity contribution in [2.75, 3.05) is 0 Å². The van der Waals surface area contributed by atoms with E-state index in [2.05, 4.69) is 23.6 Å². The van der Waals surface area contributed by atoms with Crippen LogP contribution in [0.4, 0.5) is 9.59 Å². The van der Waals surface area contributed by atoms with E-state index in [1.54, 1.807) is 0 Å². The number of carbonyl (C=O) groups excluding carboxylic acids is 2. The van der Waals surface area contributed by atoms with E-state index >= 15 is 0 Å². The van der Waals surface area contributed by atoms with Crippen LogP contribution in [-0.4, -0.2) is 24.5 Å². The molecule has 0 aromatic rings. The van der Waals surface area contributed by atoms with Crippen molar-refractivity contribution in [3.63, 3.8) is 0 Å². The Balaban J connectivity index is 1.62. The molecule has 0 heterocycles. The first-order valence-electron chi connectivity index (χ1n) is 11.4. The van der Waals surface area contributed by atoms with E-state index in [9.17, 15) is 9.59 Å². The van der Waals surface area contributed by atoms with Crippen LogP contribution in [0.5, 0.6) is 0 Å².